The first kappa shape index (κ1) is 11.0. The van der Waals surface area contributed by atoms with Crippen molar-refractivity contribution in [2.24, 2.45) is 0 Å². The molecular weight excluding hydrogens is 248 g/mol. The second-order valence-electron chi connectivity index (χ2n) is 4.14. The maximum atomic E-state index is 11.3. The molecule has 0 saturated carbocycles. The molecule has 90 valence electrons. The van der Waals surface area contributed by atoms with Crippen molar-refractivity contribution in [2.75, 3.05) is 0 Å². The first-order valence-electron chi connectivity index (χ1n) is 5.47. The number of benzene rings is 2. The summed E-state index contributed by atoms with van der Waals surface area (Å²) in [5.41, 5.74) is 3.32. The van der Waals surface area contributed by atoms with Gasteiger partial charge >= 0.3 is 4.94 Å². The summed E-state index contributed by atoms with van der Waals surface area (Å²) in [6.45, 7) is 1.99. The van der Waals surface area contributed by atoms with Gasteiger partial charge in [0.25, 0.3) is 0 Å². The zero-order valence-electron chi connectivity index (χ0n) is 9.64. The van der Waals surface area contributed by atoms with Crippen molar-refractivity contribution in [1.29, 1.82) is 0 Å². The molecule has 0 spiro atoms. The van der Waals surface area contributed by atoms with Gasteiger partial charge in [-0.2, -0.15) is 0 Å². The lowest BCUT2D eigenvalue weighted by Crippen LogP contribution is -1.83. The van der Waals surface area contributed by atoms with Gasteiger partial charge in [0.05, 0.1) is 4.70 Å². The Hall–Kier alpha value is -2.07. The molecule has 0 radical (unpaired) electrons. The fourth-order valence-corrected chi connectivity index (χ4v) is 2.72. The second-order valence-corrected chi connectivity index (χ2v) is 5.12. The Morgan fingerprint density at radius 2 is 2.06 bits per heavy atom. The highest BCUT2D eigenvalue weighted by Crippen LogP contribution is 2.34. The fraction of sp³-hybridized carbons (Fsp3) is 0.0714. The van der Waals surface area contributed by atoms with Crippen LogP contribution in [0.3, 0.4) is 0 Å². The van der Waals surface area contributed by atoms with E-state index in [9.17, 15) is 9.90 Å². The first-order chi connectivity index (χ1) is 8.63. The summed E-state index contributed by atoms with van der Waals surface area (Å²) in [6.07, 6.45) is 0. The summed E-state index contributed by atoms with van der Waals surface area (Å²) >= 11 is 0.997. The third-order valence-electron chi connectivity index (χ3n) is 2.75. The van der Waals surface area contributed by atoms with Crippen LogP contribution in [0.1, 0.15) is 5.56 Å². The van der Waals surface area contributed by atoms with Gasteiger partial charge in [0.15, 0.2) is 5.58 Å². The Morgan fingerprint density at radius 3 is 2.83 bits per heavy atom. The highest BCUT2D eigenvalue weighted by Gasteiger charge is 2.11. The SMILES string of the molecule is Cc1cccc(-c2cc(O)cc3sc(=O)oc23)c1. The van der Waals surface area contributed by atoms with Gasteiger partial charge in [-0.25, -0.2) is 4.79 Å². The standard InChI is InChI=1S/C14H10O3S/c1-8-3-2-4-9(5-8)11-6-10(15)7-12-13(11)17-14(16)18-12/h2-7,15H,1H3. The second kappa shape index (κ2) is 3.99. The van der Waals surface area contributed by atoms with E-state index in [-0.39, 0.29) is 10.7 Å². The van der Waals surface area contributed by atoms with Gasteiger partial charge in [-0.1, -0.05) is 41.2 Å². The number of phenolic OH excluding ortho intramolecular Hbond substituents is 1. The minimum Gasteiger partial charge on any atom is -0.508 e. The average Bonchev–Trinajstić information content (AvgIpc) is 2.68. The largest absolute Gasteiger partial charge is 0.508 e. The summed E-state index contributed by atoms with van der Waals surface area (Å²) in [4.78, 5) is 11.0. The van der Waals surface area contributed by atoms with E-state index in [2.05, 4.69) is 0 Å². The van der Waals surface area contributed by atoms with Crippen molar-refractivity contribution in [2.45, 2.75) is 6.92 Å². The van der Waals surface area contributed by atoms with Crippen LogP contribution in [-0.4, -0.2) is 5.11 Å². The van der Waals surface area contributed by atoms with Crippen LogP contribution in [0.4, 0.5) is 0 Å². The van der Waals surface area contributed by atoms with Crippen LogP contribution >= 0.6 is 11.3 Å². The fourth-order valence-electron chi connectivity index (χ4n) is 1.99. The molecule has 0 aliphatic heterocycles. The smallest absolute Gasteiger partial charge is 0.396 e. The topological polar surface area (TPSA) is 50.4 Å². The van der Waals surface area contributed by atoms with E-state index < -0.39 is 0 Å². The van der Waals surface area contributed by atoms with Crippen LogP contribution in [0.15, 0.2) is 45.6 Å². The van der Waals surface area contributed by atoms with Crippen molar-refractivity contribution in [3.63, 3.8) is 0 Å². The van der Waals surface area contributed by atoms with Gasteiger partial charge in [-0.15, -0.1) is 0 Å². The predicted octanol–water partition coefficient (Wildman–Crippen LogP) is 3.54. The molecule has 0 atom stereocenters. The molecule has 1 N–H and O–H groups in total. The molecule has 0 bridgehead atoms. The zero-order chi connectivity index (χ0) is 12.7. The van der Waals surface area contributed by atoms with Gasteiger partial charge in [-0.05, 0) is 18.6 Å². The molecule has 1 heterocycles. The molecule has 0 amide bonds. The first-order valence-corrected chi connectivity index (χ1v) is 6.29. The van der Waals surface area contributed by atoms with Crippen LogP contribution in [0.2, 0.25) is 0 Å². The minimum absolute atomic E-state index is 0.135. The van der Waals surface area contributed by atoms with E-state index in [0.29, 0.717) is 10.3 Å². The van der Waals surface area contributed by atoms with Crippen LogP contribution in [0.25, 0.3) is 21.4 Å². The van der Waals surface area contributed by atoms with E-state index in [1.165, 1.54) is 0 Å². The normalized spacial score (nSPS) is 10.9. The van der Waals surface area contributed by atoms with Crippen molar-refractivity contribution in [3.8, 4) is 16.9 Å². The number of fused-ring (bicyclic) bond motifs is 1. The molecule has 0 saturated heterocycles. The van der Waals surface area contributed by atoms with Gasteiger partial charge in [0.1, 0.15) is 5.75 Å². The Labute approximate surface area is 107 Å². The Kier molecular flexibility index (Phi) is 2.45. The summed E-state index contributed by atoms with van der Waals surface area (Å²) < 4.78 is 5.86. The molecule has 4 heteroatoms. The molecule has 2 aromatic carbocycles. The Bertz CT molecular complexity index is 783. The Balaban J connectivity index is 2.37. The molecule has 18 heavy (non-hydrogen) atoms. The summed E-state index contributed by atoms with van der Waals surface area (Å²) in [5.74, 6) is 0.135. The highest BCUT2D eigenvalue weighted by atomic mass is 32.1. The van der Waals surface area contributed by atoms with E-state index in [1.54, 1.807) is 12.1 Å². The van der Waals surface area contributed by atoms with E-state index >= 15 is 0 Å². The summed E-state index contributed by atoms with van der Waals surface area (Å²) in [5, 5.41) is 9.71. The van der Waals surface area contributed by atoms with Gasteiger partial charge in [-0.3, -0.25) is 0 Å². The summed E-state index contributed by atoms with van der Waals surface area (Å²) in [7, 11) is 0. The van der Waals surface area contributed by atoms with Crippen LogP contribution in [0, 0.1) is 6.92 Å². The van der Waals surface area contributed by atoms with Gasteiger partial charge in [0, 0.05) is 11.6 Å². The maximum Gasteiger partial charge on any atom is 0.396 e. The molecule has 0 aliphatic carbocycles. The van der Waals surface area contributed by atoms with Gasteiger partial charge in [0.2, 0.25) is 0 Å². The van der Waals surface area contributed by atoms with Crippen molar-refractivity contribution < 1.29 is 9.52 Å². The molecule has 3 nitrogen and oxygen atoms in total. The lowest BCUT2D eigenvalue weighted by molar-refractivity contribution is 0.476. The van der Waals surface area contributed by atoms with Crippen molar-refractivity contribution in [3.05, 3.63) is 51.7 Å². The molecule has 3 rings (SSSR count). The number of rotatable bonds is 1. The molecule has 0 aliphatic rings. The summed E-state index contributed by atoms with van der Waals surface area (Å²) in [6, 6.07) is 11.0. The average molecular weight is 258 g/mol. The van der Waals surface area contributed by atoms with Crippen LogP contribution in [-0.2, 0) is 0 Å². The third-order valence-corrected chi connectivity index (χ3v) is 3.52. The maximum absolute atomic E-state index is 11.3. The lowest BCUT2D eigenvalue weighted by atomic mass is 10.0. The molecule has 3 aromatic rings. The number of hydrogen-bond donors (Lipinski definition) is 1. The van der Waals surface area contributed by atoms with E-state index in [1.807, 2.05) is 31.2 Å². The quantitative estimate of drug-likeness (QED) is 0.726. The highest BCUT2D eigenvalue weighted by molar-refractivity contribution is 7.16. The van der Waals surface area contributed by atoms with Crippen LogP contribution in [0.5, 0.6) is 5.75 Å². The van der Waals surface area contributed by atoms with Crippen molar-refractivity contribution >= 4 is 21.6 Å². The lowest BCUT2D eigenvalue weighted by Gasteiger charge is -2.04. The van der Waals surface area contributed by atoms with E-state index in [4.69, 9.17) is 4.42 Å². The van der Waals surface area contributed by atoms with Crippen LogP contribution < -0.4 is 4.94 Å². The van der Waals surface area contributed by atoms with E-state index in [0.717, 1.165) is 28.0 Å². The van der Waals surface area contributed by atoms with Crippen molar-refractivity contribution in [1.82, 2.24) is 0 Å². The molecular formula is C14H10O3S. The number of aryl methyl sites for hydroxylation is 1. The zero-order valence-corrected chi connectivity index (χ0v) is 10.5. The number of aromatic hydroxyl groups is 1. The monoisotopic (exact) mass is 258 g/mol. The number of hydrogen-bond acceptors (Lipinski definition) is 4. The predicted molar refractivity (Wildman–Crippen MR) is 72.2 cm³/mol. The Morgan fingerprint density at radius 1 is 1.22 bits per heavy atom. The minimum atomic E-state index is -0.357. The van der Waals surface area contributed by atoms with Gasteiger partial charge < -0.3 is 9.52 Å². The third kappa shape index (κ3) is 1.80. The number of phenols is 1. The molecule has 0 fully saturated rings. The molecule has 0 unspecified atom stereocenters. The molecule has 1 aromatic heterocycles.